The normalized spacial score (nSPS) is 8.74. The van der Waals surface area contributed by atoms with E-state index in [0.29, 0.717) is 85.1 Å². The highest BCUT2D eigenvalue weighted by Crippen LogP contribution is 2.03. The summed E-state index contributed by atoms with van der Waals surface area (Å²) in [5.41, 5.74) is 38.2. The first kappa shape index (κ1) is 74.4. The molecule has 0 amide bonds. The van der Waals surface area contributed by atoms with E-state index in [1.54, 1.807) is 0 Å². The first-order valence-electron chi connectivity index (χ1n) is 25.3. The molecule has 0 aliphatic carbocycles. The second-order valence-electron chi connectivity index (χ2n) is 15.1. The van der Waals surface area contributed by atoms with Crippen LogP contribution in [0.3, 0.4) is 0 Å². The average Bonchev–Trinajstić information content (AvgIpc) is 3.40. The van der Waals surface area contributed by atoms with Crippen molar-refractivity contribution in [2.24, 2.45) is 40.1 Å². The Morgan fingerprint density at radius 2 is 0.622 bits per heavy atom. The van der Waals surface area contributed by atoms with Gasteiger partial charge in [0.25, 0.3) is 0 Å². The summed E-state index contributed by atoms with van der Waals surface area (Å²) in [7, 11) is 6.13. The average molecular weight is 1010 g/mol. The molecular formula is C61H93N13. The second kappa shape index (κ2) is 66.9. The van der Waals surface area contributed by atoms with E-state index in [9.17, 15) is 0 Å². The topological polar surface area (TPSA) is 210 Å². The van der Waals surface area contributed by atoms with Crippen LogP contribution in [-0.2, 0) is 6.54 Å². The van der Waals surface area contributed by atoms with Crippen molar-refractivity contribution in [3.63, 3.8) is 0 Å². The summed E-state index contributed by atoms with van der Waals surface area (Å²) in [6.45, 7) is 22.0. The third kappa shape index (κ3) is 65.9. The lowest BCUT2D eigenvalue weighted by atomic mass is 10.2. The molecule has 0 saturated heterocycles. The molecule has 0 saturated carbocycles. The number of nitrogens with one attached hydrogen (secondary N) is 1. The van der Waals surface area contributed by atoms with Gasteiger partial charge in [0.2, 0.25) is 0 Å². The van der Waals surface area contributed by atoms with Crippen LogP contribution in [0.25, 0.3) is 0 Å². The zero-order chi connectivity index (χ0) is 55.6. The van der Waals surface area contributed by atoms with Gasteiger partial charge in [0.05, 0.1) is 118 Å². The van der Waals surface area contributed by atoms with Crippen LogP contribution < -0.4 is 45.5 Å². The lowest BCUT2D eigenvalue weighted by molar-refractivity contribution is 0.312. The van der Waals surface area contributed by atoms with Gasteiger partial charge in [-0.15, -0.1) is 23.7 Å². The largest absolute Gasteiger partial charge is 0.320 e. The van der Waals surface area contributed by atoms with Crippen LogP contribution in [0.5, 0.6) is 0 Å². The van der Waals surface area contributed by atoms with Crippen LogP contribution in [-0.4, -0.2) is 177 Å². The Labute approximate surface area is 452 Å². The maximum absolute atomic E-state index is 5.37. The standard InChI is InChI=1S/C16H20N2.C13H24N4.C13H19N3.C10H16N2.C9H14N2/c1-2-3-8-13-18(14-9-7-12-17)15-16-10-5-4-6-11-16;1-16(10-5-3-8-14)12-7-13-17(2)11-6-4-9-15;1-2-3-6-11-16(12-7-4-9-14)13-8-5-10-15;1-3-4-6-9-12(2)10-7-5-8-11;1-2-3-5-8-11-9-6-4-7-10/h4-6,10-11H,2,12-15,17H2,1H3;7-15H2,1-2H3;2,9-15H2,1H3;3,8-11H2,1-2H3;11H,2,7-10H2,1H3. The quantitative estimate of drug-likeness (QED) is 0.0808. The van der Waals surface area contributed by atoms with Crippen molar-refractivity contribution in [2.75, 3.05) is 152 Å². The molecule has 1 aromatic rings. The Hall–Kier alpha value is -6.14. The molecular weight excluding hydrogens is 915 g/mol. The molecule has 1 rings (SSSR count). The van der Waals surface area contributed by atoms with Crippen molar-refractivity contribution in [3.05, 3.63) is 35.9 Å². The molecule has 0 aliphatic rings. The van der Waals surface area contributed by atoms with E-state index in [-0.39, 0.29) is 0 Å². The van der Waals surface area contributed by atoms with Gasteiger partial charge in [0.15, 0.2) is 0 Å². The number of hydrogen-bond acceptors (Lipinski definition) is 13. The molecule has 0 fully saturated rings. The van der Waals surface area contributed by atoms with Crippen LogP contribution in [0.2, 0.25) is 0 Å². The molecule has 0 atom stereocenters. The van der Waals surface area contributed by atoms with Gasteiger partial charge in [-0.05, 0) is 46.2 Å². The minimum absolute atomic E-state index is 0.392. The third-order valence-electron chi connectivity index (χ3n) is 8.46. The molecule has 74 heavy (non-hydrogen) atoms. The highest BCUT2D eigenvalue weighted by Gasteiger charge is 2.03. The lowest BCUT2D eigenvalue weighted by Crippen LogP contribution is -2.26. The summed E-state index contributed by atoms with van der Waals surface area (Å²) in [4.78, 5) is 10.7. The fourth-order valence-corrected chi connectivity index (χ4v) is 4.92. The van der Waals surface area contributed by atoms with Gasteiger partial charge in [-0.25, -0.2) is 0 Å². The number of nitrogens with two attached hydrogens (primary N) is 7. The smallest absolute Gasteiger partial charge is 0.0619 e. The summed E-state index contributed by atoms with van der Waals surface area (Å²) >= 11 is 0. The summed E-state index contributed by atoms with van der Waals surface area (Å²) in [6, 6.07) is 10.4. The second-order valence-corrected chi connectivity index (χ2v) is 15.1. The maximum Gasteiger partial charge on any atom is 0.0619 e. The lowest BCUT2D eigenvalue weighted by Gasteiger charge is -2.16. The number of nitrogens with zero attached hydrogens (tertiary/aromatic N) is 5. The minimum Gasteiger partial charge on any atom is -0.320 e. The van der Waals surface area contributed by atoms with Gasteiger partial charge >= 0.3 is 0 Å². The Morgan fingerprint density at radius 3 is 0.986 bits per heavy atom. The fourth-order valence-electron chi connectivity index (χ4n) is 4.92. The Morgan fingerprint density at radius 1 is 0.338 bits per heavy atom. The van der Waals surface area contributed by atoms with Crippen molar-refractivity contribution < 1.29 is 0 Å². The van der Waals surface area contributed by atoms with E-state index in [2.05, 4.69) is 205 Å². The van der Waals surface area contributed by atoms with E-state index >= 15 is 0 Å². The van der Waals surface area contributed by atoms with Gasteiger partial charge in [0.1, 0.15) is 0 Å². The fraction of sp³-hybridized carbons (Fsp3) is 0.541. The first-order chi connectivity index (χ1) is 36.1. The molecule has 0 bridgehead atoms. The van der Waals surface area contributed by atoms with Gasteiger partial charge in [-0.1, -0.05) is 165 Å². The molecule has 13 nitrogen and oxygen atoms in total. The summed E-state index contributed by atoms with van der Waals surface area (Å²) in [5.74, 6) is 65.0. The van der Waals surface area contributed by atoms with Gasteiger partial charge in [-0.3, -0.25) is 29.8 Å². The number of rotatable bonds is 17. The molecule has 402 valence electrons. The van der Waals surface area contributed by atoms with Crippen LogP contribution in [0.4, 0.5) is 0 Å². The van der Waals surface area contributed by atoms with Crippen LogP contribution in [0.15, 0.2) is 30.3 Å². The van der Waals surface area contributed by atoms with E-state index < -0.39 is 0 Å². The molecule has 1 aromatic carbocycles. The molecule has 15 N–H and O–H groups in total. The number of hydrogen-bond donors (Lipinski definition) is 8. The summed E-state index contributed by atoms with van der Waals surface area (Å²) in [6.07, 6.45) is 4.71. The van der Waals surface area contributed by atoms with E-state index in [1.807, 2.05) is 33.9 Å². The van der Waals surface area contributed by atoms with E-state index in [1.165, 1.54) is 5.56 Å². The summed E-state index contributed by atoms with van der Waals surface area (Å²) < 4.78 is 0. The first-order valence-corrected chi connectivity index (χ1v) is 25.3. The van der Waals surface area contributed by atoms with Crippen molar-refractivity contribution in [2.45, 2.75) is 66.3 Å². The van der Waals surface area contributed by atoms with Crippen LogP contribution in [0.1, 0.15) is 65.4 Å². The Bertz CT molecular complexity index is 2050. The molecule has 0 radical (unpaired) electrons. The minimum atomic E-state index is 0.392. The Kier molecular flexibility index (Phi) is 67.2. The molecule has 0 spiro atoms. The van der Waals surface area contributed by atoms with E-state index in [4.69, 9.17) is 40.1 Å². The summed E-state index contributed by atoms with van der Waals surface area (Å²) in [5, 5.41) is 3.05. The Balaban J connectivity index is -0.000000419. The SMILES string of the molecule is CCC#CCN(C)CC#CCN.CCC#CCN(CC#CCN)CC#CCN.CCC#CCN(CC#CCN)Cc1ccccc1.CCC#CCNCC#CCN.CN(CC#CCN)CCCN(C)CC#CCN. The van der Waals surface area contributed by atoms with Gasteiger partial charge in [-0.2, -0.15) is 0 Å². The van der Waals surface area contributed by atoms with Gasteiger partial charge < -0.3 is 40.1 Å². The highest BCUT2D eigenvalue weighted by atomic mass is 15.1. The highest BCUT2D eigenvalue weighted by molar-refractivity contribution is 5.16. The molecule has 0 aromatic heterocycles. The molecule has 0 aliphatic heterocycles. The van der Waals surface area contributed by atoms with Crippen molar-refractivity contribution >= 4 is 0 Å². The zero-order valence-corrected chi connectivity index (χ0v) is 46.5. The van der Waals surface area contributed by atoms with E-state index in [0.717, 1.165) is 84.5 Å². The predicted molar refractivity (Wildman–Crippen MR) is 318 cm³/mol. The van der Waals surface area contributed by atoms with Crippen molar-refractivity contribution in [3.8, 4) is 130 Å². The van der Waals surface area contributed by atoms with Gasteiger partial charge in [0, 0.05) is 32.2 Å². The van der Waals surface area contributed by atoms with Crippen molar-refractivity contribution in [1.82, 2.24) is 29.8 Å². The third-order valence-corrected chi connectivity index (χ3v) is 8.46. The predicted octanol–water partition coefficient (Wildman–Crippen LogP) is 0.900. The maximum atomic E-state index is 5.37. The van der Waals surface area contributed by atoms with Crippen LogP contribution in [0, 0.1) is 130 Å². The number of benzene rings is 1. The molecule has 0 unspecified atom stereocenters. The zero-order valence-electron chi connectivity index (χ0n) is 46.5. The molecule has 0 heterocycles. The van der Waals surface area contributed by atoms with Crippen LogP contribution >= 0.6 is 0 Å². The monoisotopic (exact) mass is 1010 g/mol. The van der Waals surface area contributed by atoms with Crippen molar-refractivity contribution in [1.29, 1.82) is 0 Å². The molecule has 13 heteroatoms.